The molecule has 0 aliphatic heterocycles. The number of hydrogen-bond acceptors (Lipinski definition) is 4. The van der Waals surface area contributed by atoms with Crippen LogP contribution in [-0.2, 0) is 6.42 Å². The van der Waals surface area contributed by atoms with Crippen molar-refractivity contribution in [1.82, 2.24) is 16.2 Å². The van der Waals surface area contributed by atoms with Crippen LogP contribution in [0.2, 0.25) is 0 Å². The third-order valence-electron chi connectivity index (χ3n) is 4.55. The molecule has 32 heavy (non-hydrogen) atoms. The first kappa shape index (κ1) is 23.4. The molecule has 3 aromatic carbocycles. The number of carbonyl (C=O) groups excluding carboxylic acids is 2. The Morgan fingerprint density at radius 3 is 2.41 bits per heavy atom. The maximum atomic E-state index is 12.5. The number of rotatable bonds is 6. The van der Waals surface area contributed by atoms with Crippen LogP contribution in [0.15, 0.2) is 77.3 Å². The van der Waals surface area contributed by atoms with Crippen molar-refractivity contribution in [2.45, 2.75) is 13.3 Å². The van der Waals surface area contributed by atoms with Gasteiger partial charge in [0, 0.05) is 22.0 Å². The Bertz CT molecular complexity index is 1120. The highest BCUT2D eigenvalue weighted by atomic mass is 79.9. The van der Waals surface area contributed by atoms with E-state index in [-0.39, 0.29) is 11.0 Å². The van der Waals surface area contributed by atoms with Gasteiger partial charge < -0.3 is 4.74 Å². The number of benzene rings is 3. The van der Waals surface area contributed by atoms with Crippen molar-refractivity contribution in [1.29, 1.82) is 0 Å². The highest BCUT2D eigenvalue weighted by Crippen LogP contribution is 2.17. The van der Waals surface area contributed by atoms with Crippen molar-refractivity contribution in [3.8, 4) is 5.75 Å². The lowest BCUT2D eigenvalue weighted by Gasteiger charge is -2.12. The van der Waals surface area contributed by atoms with Crippen LogP contribution >= 0.6 is 28.1 Å². The molecular formula is C24H22BrN3O3S. The van der Waals surface area contributed by atoms with Crippen LogP contribution in [-0.4, -0.2) is 23.5 Å². The number of halogens is 1. The molecule has 6 nitrogen and oxygen atoms in total. The van der Waals surface area contributed by atoms with Crippen LogP contribution in [0.25, 0.3) is 0 Å². The Morgan fingerprint density at radius 1 is 0.906 bits per heavy atom. The summed E-state index contributed by atoms with van der Waals surface area (Å²) in [6, 6.07) is 22.1. The molecule has 3 N–H and O–H groups in total. The van der Waals surface area contributed by atoms with E-state index >= 15 is 0 Å². The standard InChI is InChI=1S/C24H22BrN3O3S/c1-16-10-11-19(15-21(16)25)23(30)27-28-24(32)26-22(29)18-8-5-9-20(14-18)31-13-12-17-6-3-2-4-7-17/h2-11,14-15H,12-13H2,1H3,(H,27,30)(H2,26,28,29,32). The molecule has 0 atom stereocenters. The fraction of sp³-hybridized carbons (Fsp3) is 0.125. The Kier molecular flexibility index (Phi) is 8.35. The van der Waals surface area contributed by atoms with E-state index in [4.69, 9.17) is 17.0 Å². The molecule has 0 radical (unpaired) electrons. The summed E-state index contributed by atoms with van der Waals surface area (Å²) in [6.45, 7) is 2.42. The molecule has 0 unspecified atom stereocenters. The first-order chi connectivity index (χ1) is 15.4. The van der Waals surface area contributed by atoms with Crippen molar-refractivity contribution in [2.75, 3.05) is 6.61 Å². The lowest BCUT2D eigenvalue weighted by molar-refractivity contribution is 0.0934. The summed E-state index contributed by atoms with van der Waals surface area (Å²) in [4.78, 5) is 24.7. The predicted molar refractivity (Wildman–Crippen MR) is 132 cm³/mol. The average molecular weight is 512 g/mol. The third kappa shape index (κ3) is 6.90. The predicted octanol–water partition coefficient (Wildman–Crippen LogP) is 4.33. The van der Waals surface area contributed by atoms with Crippen LogP contribution in [0, 0.1) is 6.92 Å². The van der Waals surface area contributed by atoms with Gasteiger partial charge in [-0.1, -0.05) is 58.4 Å². The molecule has 2 amide bonds. The number of thiocarbonyl (C=S) groups is 1. The molecule has 164 valence electrons. The van der Waals surface area contributed by atoms with Crippen molar-refractivity contribution in [3.05, 3.63) is 99.5 Å². The number of aryl methyl sites for hydroxylation is 1. The number of hydrogen-bond donors (Lipinski definition) is 3. The highest BCUT2D eigenvalue weighted by Gasteiger charge is 2.11. The van der Waals surface area contributed by atoms with Gasteiger partial charge in [0.1, 0.15) is 5.75 Å². The van der Waals surface area contributed by atoms with Crippen molar-refractivity contribution >= 4 is 45.1 Å². The topological polar surface area (TPSA) is 79.5 Å². The number of ether oxygens (including phenoxy) is 1. The fourth-order valence-corrected chi connectivity index (χ4v) is 3.31. The Hall–Kier alpha value is -3.23. The van der Waals surface area contributed by atoms with E-state index in [2.05, 4.69) is 32.1 Å². The summed E-state index contributed by atoms with van der Waals surface area (Å²) in [7, 11) is 0. The smallest absolute Gasteiger partial charge is 0.269 e. The molecule has 8 heteroatoms. The number of nitrogens with one attached hydrogen (secondary N) is 3. The van der Waals surface area contributed by atoms with E-state index in [1.165, 1.54) is 5.56 Å². The van der Waals surface area contributed by atoms with E-state index < -0.39 is 5.91 Å². The fourth-order valence-electron chi connectivity index (χ4n) is 2.78. The van der Waals surface area contributed by atoms with Crippen LogP contribution in [0.5, 0.6) is 5.75 Å². The van der Waals surface area contributed by atoms with Gasteiger partial charge in [-0.05, 0) is 60.6 Å². The summed E-state index contributed by atoms with van der Waals surface area (Å²) in [5.74, 6) is -0.204. The third-order valence-corrected chi connectivity index (χ3v) is 5.61. The lowest BCUT2D eigenvalue weighted by Crippen LogP contribution is -2.48. The van der Waals surface area contributed by atoms with Crippen molar-refractivity contribution in [2.24, 2.45) is 0 Å². The first-order valence-electron chi connectivity index (χ1n) is 9.87. The van der Waals surface area contributed by atoms with Crippen LogP contribution in [0.3, 0.4) is 0 Å². The molecule has 3 rings (SSSR count). The number of carbonyl (C=O) groups is 2. The first-order valence-corrected chi connectivity index (χ1v) is 11.1. The Balaban J connectivity index is 1.48. The molecule has 0 saturated carbocycles. The summed E-state index contributed by atoms with van der Waals surface area (Å²) < 4.78 is 6.59. The number of hydrazine groups is 1. The highest BCUT2D eigenvalue weighted by molar-refractivity contribution is 9.10. The quantitative estimate of drug-likeness (QED) is 0.339. The minimum Gasteiger partial charge on any atom is -0.493 e. The summed E-state index contributed by atoms with van der Waals surface area (Å²) in [5.41, 5.74) is 8.04. The van der Waals surface area contributed by atoms with E-state index in [9.17, 15) is 9.59 Å². The summed E-state index contributed by atoms with van der Waals surface area (Å²) in [5, 5.41) is 2.51. The maximum absolute atomic E-state index is 12.5. The normalized spacial score (nSPS) is 10.2. The molecule has 0 fully saturated rings. The molecule has 0 aliphatic rings. The Morgan fingerprint density at radius 2 is 1.66 bits per heavy atom. The van der Waals surface area contributed by atoms with E-state index in [1.54, 1.807) is 36.4 Å². The second kappa shape index (κ2) is 11.4. The van der Waals surface area contributed by atoms with Gasteiger partial charge in [-0.2, -0.15) is 0 Å². The molecule has 0 aliphatic carbocycles. The lowest BCUT2D eigenvalue weighted by atomic mass is 10.1. The van der Waals surface area contributed by atoms with Crippen LogP contribution < -0.4 is 20.9 Å². The zero-order valence-electron chi connectivity index (χ0n) is 17.4. The van der Waals surface area contributed by atoms with Crippen LogP contribution in [0.1, 0.15) is 31.8 Å². The van der Waals surface area contributed by atoms with Gasteiger partial charge in [0.05, 0.1) is 6.61 Å². The van der Waals surface area contributed by atoms with Gasteiger partial charge in [0.15, 0.2) is 5.11 Å². The van der Waals surface area contributed by atoms with Gasteiger partial charge in [-0.3, -0.25) is 25.8 Å². The van der Waals surface area contributed by atoms with Crippen LogP contribution in [0.4, 0.5) is 0 Å². The second-order valence-electron chi connectivity index (χ2n) is 6.94. The molecular weight excluding hydrogens is 490 g/mol. The van der Waals surface area contributed by atoms with Gasteiger partial charge in [-0.25, -0.2) is 0 Å². The van der Waals surface area contributed by atoms with Gasteiger partial charge in [-0.15, -0.1) is 0 Å². The average Bonchev–Trinajstić information content (AvgIpc) is 2.80. The molecule has 3 aromatic rings. The van der Waals surface area contributed by atoms with Crippen molar-refractivity contribution < 1.29 is 14.3 Å². The van der Waals surface area contributed by atoms with Crippen molar-refractivity contribution in [3.63, 3.8) is 0 Å². The van der Waals surface area contributed by atoms with Gasteiger partial charge in [0.2, 0.25) is 0 Å². The Labute approximate surface area is 200 Å². The second-order valence-corrected chi connectivity index (χ2v) is 8.20. The maximum Gasteiger partial charge on any atom is 0.269 e. The van der Waals surface area contributed by atoms with E-state index in [0.717, 1.165) is 16.5 Å². The number of amides is 2. The van der Waals surface area contributed by atoms with Gasteiger partial charge >= 0.3 is 0 Å². The molecule has 0 bridgehead atoms. The monoisotopic (exact) mass is 511 g/mol. The summed E-state index contributed by atoms with van der Waals surface area (Å²) in [6.07, 6.45) is 0.766. The van der Waals surface area contributed by atoms with E-state index in [1.807, 2.05) is 43.3 Å². The summed E-state index contributed by atoms with van der Waals surface area (Å²) >= 11 is 8.50. The minimum absolute atomic E-state index is 0.0232. The zero-order chi connectivity index (χ0) is 22.9. The van der Waals surface area contributed by atoms with Gasteiger partial charge in [0.25, 0.3) is 11.8 Å². The zero-order valence-corrected chi connectivity index (χ0v) is 19.8. The van der Waals surface area contributed by atoms with E-state index in [0.29, 0.717) is 23.5 Å². The minimum atomic E-state index is -0.414. The molecule has 0 saturated heterocycles. The molecule has 0 heterocycles. The SMILES string of the molecule is Cc1ccc(C(=O)NNC(=S)NC(=O)c2cccc(OCCc3ccccc3)c2)cc1Br. The molecule has 0 spiro atoms. The molecule has 0 aromatic heterocycles. The largest absolute Gasteiger partial charge is 0.493 e.